The Balaban J connectivity index is 2.23. The molecule has 0 atom stereocenters. The van der Waals surface area contributed by atoms with Gasteiger partial charge in [0, 0.05) is 25.3 Å². The number of Topliss-reactive ketones (excluding diaryl/α,β-unsaturated/α-hetero) is 1. The molecular weight excluding hydrogens is 296 g/mol. The summed E-state index contributed by atoms with van der Waals surface area (Å²) in [5.41, 5.74) is 3.82. The number of ketones is 1. The summed E-state index contributed by atoms with van der Waals surface area (Å²) in [5, 5.41) is 9.35. The Bertz CT molecular complexity index is 763. The molecule has 0 fully saturated rings. The van der Waals surface area contributed by atoms with Gasteiger partial charge in [-0.25, -0.2) is 0 Å². The van der Waals surface area contributed by atoms with E-state index in [0.29, 0.717) is 5.56 Å². The van der Waals surface area contributed by atoms with Gasteiger partial charge in [-0.3, -0.25) is 4.79 Å². The summed E-state index contributed by atoms with van der Waals surface area (Å²) in [7, 11) is 3.94. The molecule has 0 radical (unpaired) electrons. The fourth-order valence-electron chi connectivity index (χ4n) is 2.45. The number of benzene rings is 2. The number of carbonyl (C=O) groups excluding carboxylic acids is 1. The second kappa shape index (κ2) is 8.12. The van der Waals surface area contributed by atoms with E-state index >= 15 is 0 Å². The van der Waals surface area contributed by atoms with Crippen molar-refractivity contribution in [1.82, 2.24) is 0 Å². The molecule has 0 aliphatic heterocycles. The lowest BCUT2D eigenvalue weighted by atomic mass is 10.00. The molecule has 0 aliphatic carbocycles. The average Bonchev–Trinajstić information content (AvgIpc) is 2.60. The Morgan fingerprint density at radius 1 is 1.08 bits per heavy atom. The summed E-state index contributed by atoms with van der Waals surface area (Å²) in [5.74, 6) is -0.239. The normalized spacial score (nSPS) is 11.0. The summed E-state index contributed by atoms with van der Waals surface area (Å²) in [6.45, 7) is 2.12. The molecule has 0 bridgehead atoms. The molecule has 0 unspecified atom stereocenters. The van der Waals surface area contributed by atoms with Gasteiger partial charge >= 0.3 is 0 Å². The second-order valence-corrected chi connectivity index (χ2v) is 5.93. The maximum Gasteiger partial charge on any atom is 0.203 e. The van der Waals surface area contributed by atoms with Crippen LogP contribution in [0, 0.1) is 11.3 Å². The predicted molar refractivity (Wildman–Crippen MR) is 99.1 cm³/mol. The van der Waals surface area contributed by atoms with Crippen molar-refractivity contribution in [3.63, 3.8) is 0 Å². The van der Waals surface area contributed by atoms with Crippen molar-refractivity contribution in [2.24, 2.45) is 0 Å². The number of hydrogen-bond donors (Lipinski definition) is 0. The van der Waals surface area contributed by atoms with Gasteiger partial charge in [0.25, 0.3) is 0 Å². The van der Waals surface area contributed by atoms with Crippen LogP contribution in [0.4, 0.5) is 5.69 Å². The highest BCUT2D eigenvalue weighted by Gasteiger charge is 2.12. The Kier molecular flexibility index (Phi) is 5.92. The van der Waals surface area contributed by atoms with Crippen LogP contribution in [-0.4, -0.2) is 19.9 Å². The molecule has 0 spiro atoms. The summed E-state index contributed by atoms with van der Waals surface area (Å²) >= 11 is 0. The van der Waals surface area contributed by atoms with E-state index in [0.717, 1.165) is 24.1 Å². The van der Waals surface area contributed by atoms with Crippen molar-refractivity contribution in [3.05, 3.63) is 70.8 Å². The van der Waals surface area contributed by atoms with Crippen LogP contribution in [0.15, 0.2) is 54.1 Å². The van der Waals surface area contributed by atoms with E-state index in [1.165, 1.54) is 5.56 Å². The number of carbonyl (C=O) groups is 1. The van der Waals surface area contributed by atoms with Crippen LogP contribution < -0.4 is 4.90 Å². The van der Waals surface area contributed by atoms with E-state index in [1.807, 2.05) is 61.5 Å². The van der Waals surface area contributed by atoms with E-state index in [4.69, 9.17) is 0 Å². The van der Waals surface area contributed by atoms with Crippen LogP contribution in [0.1, 0.15) is 34.8 Å². The van der Waals surface area contributed by atoms with Crippen molar-refractivity contribution in [3.8, 4) is 6.07 Å². The van der Waals surface area contributed by atoms with Gasteiger partial charge in [-0.2, -0.15) is 5.26 Å². The number of aryl methyl sites for hydroxylation is 1. The summed E-state index contributed by atoms with van der Waals surface area (Å²) in [6, 6.07) is 17.3. The molecular formula is C21H22N2O. The largest absolute Gasteiger partial charge is 0.378 e. The number of allylic oxidation sites excluding steroid dienone is 1. The van der Waals surface area contributed by atoms with Crippen molar-refractivity contribution in [2.45, 2.75) is 19.8 Å². The highest BCUT2D eigenvalue weighted by atomic mass is 16.1. The van der Waals surface area contributed by atoms with Crippen LogP contribution in [0.2, 0.25) is 0 Å². The number of hydrogen-bond acceptors (Lipinski definition) is 3. The minimum Gasteiger partial charge on any atom is -0.378 e. The van der Waals surface area contributed by atoms with Gasteiger partial charge in [0.1, 0.15) is 11.6 Å². The second-order valence-electron chi connectivity index (χ2n) is 5.93. The molecule has 0 saturated heterocycles. The zero-order chi connectivity index (χ0) is 17.5. The van der Waals surface area contributed by atoms with Crippen molar-refractivity contribution >= 4 is 17.5 Å². The Hall–Kier alpha value is -2.86. The standard InChI is InChI=1S/C21H22N2O/c1-4-5-16-6-10-18(11-7-16)21(24)19(15-22)14-17-8-12-20(13-9-17)23(2)3/h6-14H,4-5H2,1-3H3. The van der Waals surface area contributed by atoms with Crippen LogP contribution in [0.5, 0.6) is 0 Å². The van der Waals surface area contributed by atoms with Gasteiger partial charge in [0.2, 0.25) is 5.78 Å². The van der Waals surface area contributed by atoms with Gasteiger partial charge in [-0.15, -0.1) is 0 Å². The Labute approximate surface area is 143 Å². The van der Waals surface area contributed by atoms with Crippen LogP contribution in [-0.2, 0) is 6.42 Å². The van der Waals surface area contributed by atoms with Gasteiger partial charge < -0.3 is 4.90 Å². The smallest absolute Gasteiger partial charge is 0.203 e. The maximum absolute atomic E-state index is 12.5. The lowest BCUT2D eigenvalue weighted by molar-refractivity contribution is 0.104. The molecule has 24 heavy (non-hydrogen) atoms. The van der Waals surface area contributed by atoms with Gasteiger partial charge in [0.15, 0.2) is 0 Å². The molecule has 0 aliphatic rings. The fraction of sp³-hybridized carbons (Fsp3) is 0.238. The number of nitriles is 1. The monoisotopic (exact) mass is 318 g/mol. The van der Waals surface area contributed by atoms with Gasteiger partial charge in [0.05, 0.1) is 0 Å². The van der Waals surface area contributed by atoms with Crippen LogP contribution >= 0.6 is 0 Å². The first kappa shape index (κ1) is 17.5. The van der Waals surface area contributed by atoms with E-state index in [-0.39, 0.29) is 11.4 Å². The summed E-state index contributed by atoms with van der Waals surface area (Å²) < 4.78 is 0. The molecule has 0 N–H and O–H groups in total. The molecule has 0 heterocycles. The maximum atomic E-state index is 12.5. The zero-order valence-electron chi connectivity index (χ0n) is 14.4. The Morgan fingerprint density at radius 2 is 1.71 bits per heavy atom. The lowest BCUT2D eigenvalue weighted by Gasteiger charge is -2.11. The number of anilines is 1. The van der Waals surface area contributed by atoms with E-state index in [9.17, 15) is 10.1 Å². The lowest BCUT2D eigenvalue weighted by Crippen LogP contribution is -2.08. The fourth-order valence-corrected chi connectivity index (χ4v) is 2.45. The SMILES string of the molecule is CCCc1ccc(C(=O)C(C#N)=Cc2ccc(N(C)C)cc2)cc1. The molecule has 2 aromatic carbocycles. The van der Waals surface area contributed by atoms with E-state index < -0.39 is 0 Å². The molecule has 3 heteroatoms. The van der Waals surface area contributed by atoms with Crippen LogP contribution in [0.3, 0.4) is 0 Å². The third kappa shape index (κ3) is 4.33. The summed E-state index contributed by atoms with van der Waals surface area (Å²) in [4.78, 5) is 14.5. The van der Waals surface area contributed by atoms with Crippen molar-refractivity contribution in [2.75, 3.05) is 19.0 Å². The van der Waals surface area contributed by atoms with E-state index in [1.54, 1.807) is 18.2 Å². The quantitative estimate of drug-likeness (QED) is 0.447. The predicted octanol–water partition coefficient (Wildman–Crippen LogP) is 4.49. The molecule has 0 aromatic heterocycles. The first-order valence-electron chi connectivity index (χ1n) is 8.08. The molecule has 3 nitrogen and oxygen atoms in total. The van der Waals surface area contributed by atoms with Crippen molar-refractivity contribution in [1.29, 1.82) is 5.26 Å². The average molecular weight is 318 g/mol. The minimum atomic E-state index is -0.239. The molecule has 2 rings (SSSR count). The highest BCUT2D eigenvalue weighted by Crippen LogP contribution is 2.17. The zero-order valence-corrected chi connectivity index (χ0v) is 14.4. The highest BCUT2D eigenvalue weighted by molar-refractivity contribution is 6.14. The minimum absolute atomic E-state index is 0.149. The number of rotatable bonds is 6. The third-order valence-electron chi connectivity index (χ3n) is 3.84. The molecule has 2 aromatic rings. The van der Waals surface area contributed by atoms with E-state index in [2.05, 4.69) is 6.92 Å². The topological polar surface area (TPSA) is 44.1 Å². The Morgan fingerprint density at radius 3 is 2.21 bits per heavy atom. The van der Waals surface area contributed by atoms with Crippen molar-refractivity contribution < 1.29 is 4.79 Å². The third-order valence-corrected chi connectivity index (χ3v) is 3.84. The summed E-state index contributed by atoms with van der Waals surface area (Å²) in [6.07, 6.45) is 3.70. The molecule has 122 valence electrons. The van der Waals surface area contributed by atoms with Gasteiger partial charge in [-0.1, -0.05) is 49.7 Å². The first-order valence-corrected chi connectivity index (χ1v) is 8.08. The van der Waals surface area contributed by atoms with Gasteiger partial charge in [-0.05, 0) is 35.8 Å². The molecule has 0 saturated carbocycles. The van der Waals surface area contributed by atoms with Crippen LogP contribution in [0.25, 0.3) is 6.08 Å². The molecule has 0 amide bonds. The first-order chi connectivity index (χ1) is 11.5. The number of nitrogens with zero attached hydrogens (tertiary/aromatic N) is 2.